The quantitative estimate of drug-likeness (QED) is 0.834. The molecule has 0 N–H and O–H groups in total. The Kier molecular flexibility index (Phi) is 4.90. The van der Waals surface area contributed by atoms with Gasteiger partial charge in [-0.3, -0.25) is 4.79 Å². The molecule has 1 aromatic carbocycles. The molecular formula is C16H21NO4S. The Morgan fingerprint density at radius 2 is 1.95 bits per heavy atom. The number of nitrogens with zero attached hydrogens (tertiary/aromatic N) is 1. The van der Waals surface area contributed by atoms with Crippen molar-refractivity contribution in [3.05, 3.63) is 35.7 Å². The smallest absolute Gasteiger partial charge is 0.227 e. The molecular weight excluding hydrogens is 302 g/mol. The molecule has 0 aromatic heterocycles. The summed E-state index contributed by atoms with van der Waals surface area (Å²) < 4.78 is 28.5. The Morgan fingerprint density at radius 1 is 1.32 bits per heavy atom. The first-order chi connectivity index (χ1) is 10.3. The van der Waals surface area contributed by atoms with Crippen LogP contribution in [0.15, 0.2) is 35.7 Å². The summed E-state index contributed by atoms with van der Waals surface area (Å²) in [5.74, 6) is 0.750. The fourth-order valence-corrected chi connectivity index (χ4v) is 3.70. The molecule has 0 fully saturated rings. The largest absolute Gasteiger partial charge is 0.497 e. The lowest BCUT2D eigenvalue weighted by molar-refractivity contribution is -0.119. The van der Waals surface area contributed by atoms with E-state index in [-0.39, 0.29) is 17.6 Å². The van der Waals surface area contributed by atoms with Gasteiger partial charge in [-0.2, -0.15) is 0 Å². The molecule has 0 radical (unpaired) electrons. The Morgan fingerprint density at radius 3 is 2.41 bits per heavy atom. The minimum atomic E-state index is -3.22. The Labute approximate surface area is 131 Å². The highest BCUT2D eigenvalue weighted by Crippen LogP contribution is 2.26. The normalized spacial score (nSPS) is 19.4. The van der Waals surface area contributed by atoms with Crippen molar-refractivity contribution < 1.29 is 17.9 Å². The third kappa shape index (κ3) is 3.88. The fourth-order valence-electron chi connectivity index (χ4n) is 2.43. The van der Waals surface area contributed by atoms with Crippen LogP contribution in [0.1, 0.15) is 20.3 Å². The second-order valence-electron chi connectivity index (χ2n) is 5.79. The van der Waals surface area contributed by atoms with E-state index in [4.69, 9.17) is 4.74 Å². The molecule has 1 unspecified atom stereocenters. The van der Waals surface area contributed by atoms with Crippen LogP contribution >= 0.6 is 0 Å². The van der Waals surface area contributed by atoms with Crippen molar-refractivity contribution in [2.75, 3.05) is 17.8 Å². The lowest BCUT2D eigenvalue weighted by atomic mass is 10.1. The maximum atomic E-state index is 12.6. The van der Waals surface area contributed by atoms with E-state index in [2.05, 4.69) is 0 Å². The summed E-state index contributed by atoms with van der Waals surface area (Å²) in [6.45, 7) is 3.93. The molecule has 0 bridgehead atoms. The average molecular weight is 323 g/mol. The van der Waals surface area contributed by atoms with Crippen molar-refractivity contribution in [2.45, 2.75) is 26.3 Å². The predicted octanol–water partition coefficient (Wildman–Crippen LogP) is 2.39. The molecule has 0 saturated heterocycles. The molecule has 0 spiro atoms. The summed E-state index contributed by atoms with van der Waals surface area (Å²) in [4.78, 5) is 14.1. The van der Waals surface area contributed by atoms with Gasteiger partial charge in [-0.1, -0.05) is 13.8 Å². The summed E-state index contributed by atoms with van der Waals surface area (Å²) in [6.07, 6.45) is 1.95. The molecule has 22 heavy (non-hydrogen) atoms. The highest BCUT2D eigenvalue weighted by atomic mass is 32.2. The van der Waals surface area contributed by atoms with Crippen LogP contribution in [0.3, 0.4) is 0 Å². The van der Waals surface area contributed by atoms with E-state index in [1.807, 2.05) is 13.8 Å². The van der Waals surface area contributed by atoms with E-state index in [0.717, 1.165) is 0 Å². The van der Waals surface area contributed by atoms with Crippen LogP contribution < -0.4 is 9.64 Å². The Bertz CT molecular complexity index is 662. The lowest BCUT2D eigenvalue weighted by Gasteiger charge is -2.28. The number of carbonyl (C=O) groups excluding carboxylic acids is 1. The molecule has 5 nitrogen and oxygen atoms in total. The van der Waals surface area contributed by atoms with E-state index < -0.39 is 15.9 Å². The van der Waals surface area contributed by atoms with E-state index in [1.165, 1.54) is 5.41 Å². The van der Waals surface area contributed by atoms with Crippen molar-refractivity contribution in [3.8, 4) is 5.75 Å². The zero-order chi connectivity index (χ0) is 16.3. The topological polar surface area (TPSA) is 63.7 Å². The van der Waals surface area contributed by atoms with Crippen molar-refractivity contribution in [2.24, 2.45) is 5.92 Å². The van der Waals surface area contributed by atoms with Crippen LogP contribution in [-0.4, -0.2) is 33.2 Å². The van der Waals surface area contributed by atoms with Crippen LogP contribution in [0.5, 0.6) is 5.75 Å². The molecule has 2 rings (SSSR count). The number of benzene rings is 1. The summed E-state index contributed by atoms with van der Waals surface area (Å²) in [5.41, 5.74) is 0.679. The van der Waals surface area contributed by atoms with Gasteiger partial charge in [0.15, 0.2) is 9.84 Å². The van der Waals surface area contributed by atoms with E-state index in [1.54, 1.807) is 42.4 Å². The number of anilines is 1. The zero-order valence-corrected chi connectivity index (χ0v) is 13.8. The number of rotatable bonds is 5. The standard InChI is InChI=1S/C16H21NO4S/c1-12(2)10-16(18)17(14-8-9-22(19,20)11-14)13-4-6-15(21-3)7-5-13/h4-9,12,14H,10-11H2,1-3H3. The highest BCUT2D eigenvalue weighted by molar-refractivity contribution is 7.94. The number of ether oxygens (including phenoxy) is 1. The SMILES string of the molecule is COc1ccc(N(C(=O)CC(C)C)C2C=CS(=O)(=O)C2)cc1. The molecule has 0 saturated carbocycles. The van der Waals surface area contributed by atoms with E-state index in [0.29, 0.717) is 17.9 Å². The summed E-state index contributed by atoms with van der Waals surface area (Å²) in [6, 6.07) is 6.62. The van der Waals surface area contributed by atoms with Crippen molar-refractivity contribution in [3.63, 3.8) is 0 Å². The molecule has 0 aliphatic carbocycles. The Balaban J connectivity index is 2.32. The van der Waals surface area contributed by atoms with Gasteiger partial charge in [-0.15, -0.1) is 0 Å². The molecule has 1 atom stereocenters. The van der Waals surface area contributed by atoms with Crippen LogP contribution in [0.2, 0.25) is 0 Å². The number of carbonyl (C=O) groups is 1. The molecule has 1 heterocycles. The molecule has 1 aliphatic heterocycles. The summed E-state index contributed by atoms with van der Waals surface area (Å²) in [5, 5.41) is 1.19. The number of hydrogen-bond donors (Lipinski definition) is 0. The minimum Gasteiger partial charge on any atom is -0.497 e. The van der Waals surface area contributed by atoms with Gasteiger partial charge in [-0.05, 0) is 36.3 Å². The lowest BCUT2D eigenvalue weighted by Crippen LogP contribution is -2.41. The van der Waals surface area contributed by atoms with Gasteiger partial charge in [-0.25, -0.2) is 8.42 Å². The first-order valence-corrected chi connectivity index (χ1v) is 8.91. The number of methoxy groups -OCH3 is 1. The van der Waals surface area contributed by atoms with Crippen LogP contribution in [-0.2, 0) is 14.6 Å². The number of hydrogen-bond acceptors (Lipinski definition) is 4. The second kappa shape index (κ2) is 6.52. The first-order valence-electron chi connectivity index (χ1n) is 7.19. The predicted molar refractivity (Wildman–Crippen MR) is 86.6 cm³/mol. The monoisotopic (exact) mass is 323 g/mol. The van der Waals surface area contributed by atoms with Crippen molar-refractivity contribution in [1.29, 1.82) is 0 Å². The summed E-state index contributed by atoms with van der Waals surface area (Å²) in [7, 11) is -1.65. The van der Waals surface area contributed by atoms with Gasteiger partial charge in [0.2, 0.25) is 5.91 Å². The minimum absolute atomic E-state index is 0.0666. The van der Waals surface area contributed by atoms with Crippen molar-refractivity contribution in [1.82, 2.24) is 0 Å². The third-order valence-electron chi connectivity index (χ3n) is 3.44. The van der Waals surface area contributed by atoms with Crippen LogP contribution in [0.25, 0.3) is 0 Å². The van der Waals surface area contributed by atoms with E-state index in [9.17, 15) is 13.2 Å². The molecule has 6 heteroatoms. The third-order valence-corrected chi connectivity index (χ3v) is 4.82. The first kappa shape index (κ1) is 16.5. The second-order valence-corrected chi connectivity index (χ2v) is 7.72. The maximum Gasteiger partial charge on any atom is 0.227 e. The highest BCUT2D eigenvalue weighted by Gasteiger charge is 2.31. The van der Waals surface area contributed by atoms with Crippen LogP contribution in [0, 0.1) is 5.92 Å². The molecule has 1 amide bonds. The molecule has 1 aromatic rings. The average Bonchev–Trinajstić information content (AvgIpc) is 2.79. The zero-order valence-electron chi connectivity index (χ0n) is 13.0. The van der Waals surface area contributed by atoms with Crippen molar-refractivity contribution >= 4 is 21.4 Å². The molecule has 1 aliphatic rings. The van der Waals surface area contributed by atoms with Gasteiger partial charge in [0.25, 0.3) is 0 Å². The maximum absolute atomic E-state index is 12.6. The van der Waals surface area contributed by atoms with Gasteiger partial charge < -0.3 is 9.64 Å². The van der Waals surface area contributed by atoms with Crippen LogP contribution in [0.4, 0.5) is 5.69 Å². The number of amides is 1. The van der Waals surface area contributed by atoms with E-state index >= 15 is 0 Å². The Hall–Kier alpha value is -1.82. The molecule has 120 valence electrons. The van der Waals surface area contributed by atoms with Gasteiger partial charge in [0, 0.05) is 17.5 Å². The summed E-state index contributed by atoms with van der Waals surface area (Å²) >= 11 is 0. The van der Waals surface area contributed by atoms with Gasteiger partial charge >= 0.3 is 0 Å². The number of sulfone groups is 1. The fraction of sp³-hybridized carbons (Fsp3) is 0.438. The van der Waals surface area contributed by atoms with Gasteiger partial charge in [0.05, 0.1) is 18.9 Å². The van der Waals surface area contributed by atoms with Gasteiger partial charge in [0.1, 0.15) is 5.75 Å².